The lowest BCUT2D eigenvalue weighted by Crippen LogP contribution is -2.44. The van der Waals surface area contributed by atoms with Crippen LogP contribution in [0.4, 0.5) is 24.1 Å². The van der Waals surface area contributed by atoms with Crippen LogP contribution in [0.15, 0.2) is 36.0 Å². The van der Waals surface area contributed by atoms with Gasteiger partial charge < -0.3 is 15.3 Å². The number of hydrogen-bond donors (Lipinski definition) is 2. The van der Waals surface area contributed by atoms with E-state index in [2.05, 4.69) is 25.2 Å². The van der Waals surface area contributed by atoms with Crippen LogP contribution in [0.2, 0.25) is 5.02 Å². The molecule has 4 rings (SSSR count). The summed E-state index contributed by atoms with van der Waals surface area (Å²) in [5.74, 6) is -0.316. The van der Waals surface area contributed by atoms with E-state index in [-0.39, 0.29) is 17.0 Å². The van der Waals surface area contributed by atoms with Gasteiger partial charge in [-0.25, -0.2) is 9.97 Å². The SMILES string of the molecule is CCC1CC(C(=O)O)CCN1c1cnc(CCNc2nc(-c3ccc(Cl)c(C(F)(F)F)c3)cs2)cn1. The quantitative estimate of drug-likeness (QED) is 0.362. The molecule has 0 aliphatic carbocycles. The molecule has 3 heterocycles. The number of hydrogen-bond acceptors (Lipinski definition) is 7. The molecule has 0 radical (unpaired) electrons. The number of aromatic nitrogens is 3. The highest BCUT2D eigenvalue weighted by Crippen LogP contribution is 2.37. The van der Waals surface area contributed by atoms with Crippen molar-refractivity contribution in [2.75, 3.05) is 23.3 Å². The Balaban J connectivity index is 1.33. The average Bonchev–Trinajstić information content (AvgIpc) is 3.32. The zero-order chi connectivity index (χ0) is 25.9. The molecule has 1 aromatic carbocycles. The van der Waals surface area contributed by atoms with Gasteiger partial charge in [0.2, 0.25) is 0 Å². The van der Waals surface area contributed by atoms with Gasteiger partial charge >= 0.3 is 12.1 Å². The van der Waals surface area contributed by atoms with Crippen molar-refractivity contribution < 1.29 is 23.1 Å². The predicted molar refractivity (Wildman–Crippen MR) is 134 cm³/mol. The van der Waals surface area contributed by atoms with Crippen molar-refractivity contribution >= 4 is 39.9 Å². The van der Waals surface area contributed by atoms with E-state index in [0.29, 0.717) is 48.7 Å². The fourth-order valence-corrected chi connectivity index (χ4v) is 5.25. The van der Waals surface area contributed by atoms with Crippen LogP contribution in [0.25, 0.3) is 11.3 Å². The molecule has 0 saturated carbocycles. The van der Waals surface area contributed by atoms with E-state index in [9.17, 15) is 23.1 Å². The van der Waals surface area contributed by atoms with Crippen molar-refractivity contribution in [2.45, 2.75) is 44.8 Å². The summed E-state index contributed by atoms with van der Waals surface area (Å²) in [6.45, 7) is 3.20. The summed E-state index contributed by atoms with van der Waals surface area (Å²) in [5, 5.41) is 14.4. The first-order valence-electron chi connectivity index (χ1n) is 11.5. The van der Waals surface area contributed by atoms with E-state index in [1.165, 1.54) is 23.5 Å². The zero-order valence-corrected chi connectivity index (χ0v) is 21.0. The summed E-state index contributed by atoms with van der Waals surface area (Å²) < 4.78 is 39.4. The molecule has 0 amide bonds. The first kappa shape index (κ1) is 26.2. The van der Waals surface area contributed by atoms with Crippen LogP contribution in [0, 0.1) is 5.92 Å². The smallest absolute Gasteiger partial charge is 0.417 e. The topological polar surface area (TPSA) is 91.2 Å². The van der Waals surface area contributed by atoms with Crippen molar-refractivity contribution in [2.24, 2.45) is 5.92 Å². The zero-order valence-electron chi connectivity index (χ0n) is 19.4. The Hall–Kier alpha value is -2.92. The molecule has 2 unspecified atom stereocenters. The number of nitrogens with one attached hydrogen (secondary N) is 1. The highest BCUT2D eigenvalue weighted by molar-refractivity contribution is 7.14. The molecule has 3 aromatic rings. The molecule has 1 saturated heterocycles. The monoisotopic (exact) mass is 539 g/mol. The lowest BCUT2D eigenvalue weighted by Gasteiger charge is -2.38. The van der Waals surface area contributed by atoms with Crippen molar-refractivity contribution in [3.05, 3.63) is 52.3 Å². The molecule has 36 heavy (non-hydrogen) atoms. The van der Waals surface area contributed by atoms with Crippen molar-refractivity contribution in [3.8, 4) is 11.3 Å². The van der Waals surface area contributed by atoms with Gasteiger partial charge in [0.15, 0.2) is 5.13 Å². The van der Waals surface area contributed by atoms with Gasteiger partial charge in [0.05, 0.1) is 40.3 Å². The average molecular weight is 540 g/mol. The van der Waals surface area contributed by atoms with E-state index >= 15 is 0 Å². The van der Waals surface area contributed by atoms with E-state index in [4.69, 9.17) is 11.6 Å². The van der Waals surface area contributed by atoms with Gasteiger partial charge in [-0.05, 0) is 31.4 Å². The standard InChI is InChI=1S/C24H25ClF3N5O2S/c1-2-17-9-15(22(34)35)6-8-33(17)21-12-30-16(11-31-21)5-7-29-23-32-20(13-36-23)14-3-4-19(25)18(10-14)24(26,27)28/h3-4,10-13,15,17H,2,5-9H2,1H3,(H,29,32)(H,34,35). The summed E-state index contributed by atoms with van der Waals surface area (Å²) >= 11 is 7.00. The normalized spacial score (nSPS) is 18.3. The number of halogens is 4. The second kappa shape index (κ2) is 11.0. The Morgan fingerprint density at radius 3 is 2.78 bits per heavy atom. The minimum absolute atomic E-state index is 0.119. The third-order valence-corrected chi connectivity index (χ3v) is 7.38. The van der Waals surface area contributed by atoms with E-state index in [1.807, 2.05) is 6.92 Å². The maximum atomic E-state index is 13.1. The molecule has 0 spiro atoms. The number of carboxylic acid groups (broad SMARTS) is 1. The number of anilines is 2. The van der Waals surface area contributed by atoms with E-state index < -0.39 is 17.7 Å². The fraction of sp³-hybridized carbons (Fsp3) is 0.417. The number of thiazole rings is 1. The Labute approximate surface area is 215 Å². The molecule has 0 bridgehead atoms. The molecule has 12 heteroatoms. The first-order valence-corrected chi connectivity index (χ1v) is 12.8. The van der Waals surface area contributed by atoms with Crippen LogP contribution < -0.4 is 10.2 Å². The summed E-state index contributed by atoms with van der Waals surface area (Å²) in [4.78, 5) is 26.9. The molecule has 1 aliphatic heterocycles. The number of rotatable bonds is 8. The van der Waals surface area contributed by atoms with Crippen LogP contribution >= 0.6 is 22.9 Å². The van der Waals surface area contributed by atoms with Gasteiger partial charge in [0, 0.05) is 36.5 Å². The molecule has 2 N–H and O–H groups in total. The van der Waals surface area contributed by atoms with Gasteiger partial charge in [0.25, 0.3) is 0 Å². The van der Waals surface area contributed by atoms with Crippen molar-refractivity contribution in [1.29, 1.82) is 0 Å². The Bertz CT molecular complexity index is 1210. The fourth-order valence-electron chi connectivity index (χ4n) is 4.28. The van der Waals surface area contributed by atoms with Crippen LogP contribution in [-0.2, 0) is 17.4 Å². The van der Waals surface area contributed by atoms with Crippen molar-refractivity contribution in [3.63, 3.8) is 0 Å². The third-order valence-electron chi connectivity index (χ3n) is 6.25. The Morgan fingerprint density at radius 2 is 2.11 bits per heavy atom. The van der Waals surface area contributed by atoms with Crippen LogP contribution in [0.3, 0.4) is 0 Å². The summed E-state index contributed by atoms with van der Waals surface area (Å²) in [7, 11) is 0. The van der Waals surface area contributed by atoms with Gasteiger partial charge in [-0.3, -0.25) is 9.78 Å². The van der Waals surface area contributed by atoms with E-state index in [0.717, 1.165) is 24.0 Å². The van der Waals surface area contributed by atoms with Gasteiger partial charge in [-0.15, -0.1) is 11.3 Å². The number of nitrogens with zero attached hydrogens (tertiary/aromatic N) is 4. The predicted octanol–water partition coefficient (Wildman–Crippen LogP) is 6.01. The van der Waals surface area contributed by atoms with E-state index in [1.54, 1.807) is 17.8 Å². The molecule has 1 fully saturated rings. The molecular weight excluding hydrogens is 515 g/mol. The Kier molecular flexibility index (Phi) is 7.99. The lowest BCUT2D eigenvalue weighted by molar-refractivity contribution is -0.142. The van der Waals surface area contributed by atoms with Crippen LogP contribution in [-0.4, -0.2) is 45.2 Å². The number of piperidine rings is 1. The summed E-state index contributed by atoms with van der Waals surface area (Å²) in [6, 6.07) is 3.87. The minimum Gasteiger partial charge on any atom is -0.481 e. The number of aliphatic carboxylic acids is 1. The van der Waals surface area contributed by atoms with Crippen molar-refractivity contribution in [1.82, 2.24) is 15.0 Å². The maximum absolute atomic E-state index is 13.1. The van der Waals surface area contributed by atoms with Crippen LogP contribution in [0.1, 0.15) is 37.4 Å². The van der Waals surface area contributed by atoms with Crippen LogP contribution in [0.5, 0.6) is 0 Å². The third kappa shape index (κ3) is 6.07. The number of benzene rings is 1. The molecule has 7 nitrogen and oxygen atoms in total. The van der Waals surface area contributed by atoms with Gasteiger partial charge in [-0.1, -0.05) is 24.6 Å². The number of carboxylic acids is 1. The van der Waals surface area contributed by atoms with Gasteiger partial charge in [-0.2, -0.15) is 13.2 Å². The minimum atomic E-state index is -4.53. The maximum Gasteiger partial charge on any atom is 0.417 e. The molecule has 2 aromatic heterocycles. The highest BCUT2D eigenvalue weighted by atomic mass is 35.5. The second-order valence-electron chi connectivity index (χ2n) is 8.59. The summed E-state index contributed by atoms with van der Waals surface area (Å²) in [6.07, 6.45) is 1.50. The second-order valence-corrected chi connectivity index (χ2v) is 9.85. The Morgan fingerprint density at radius 1 is 1.31 bits per heavy atom. The molecule has 2 atom stereocenters. The number of alkyl halides is 3. The largest absolute Gasteiger partial charge is 0.481 e. The lowest BCUT2D eigenvalue weighted by atomic mass is 9.89. The highest BCUT2D eigenvalue weighted by Gasteiger charge is 2.34. The summed E-state index contributed by atoms with van der Waals surface area (Å²) in [5.41, 5.74) is 0.674. The first-order chi connectivity index (χ1) is 17.2. The molecular formula is C24H25ClF3N5O2S. The van der Waals surface area contributed by atoms with Gasteiger partial charge in [0.1, 0.15) is 5.82 Å². The molecule has 1 aliphatic rings. The number of carbonyl (C=O) groups is 1. The molecule has 192 valence electrons.